The van der Waals surface area contributed by atoms with Crippen molar-refractivity contribution in [3.05, 3.63) is 34.4 Å². The van der Waals surface area contributed by atoms with Gasteiger partial charge in [0.1, 0.15) is 6.10 Å². The lowest BCUT2D eigenvalue weighted by Gasteiger charge is -2.63. The first-order chi connectivity index (χ1) is 18.2. The largest absolute Gasteiger partial charge is 0.446 e. The van der Waals surface area contributed by atoms with Crippen LogP contribution >= 0.6 is 0 Å². The zero-order valence-corrected chi connectivity index (χ0v) is 24.0. The van der Waals surface area contributed by atoms with Gasteiger partial charge in [-0.15, -0.1) is 0 Å². The van der Waals surface area contributed by atoms with E-state index in [2.05, 4.69) is 20.8 Å². The molecule has 0 saturated heterocycles. The number of ether oxygens (including phenoxy) is 1. The summed E-state index contributed by atoms with van der Waals surface area (Å²) in [5.74, 6) is 1.57. The predicted molar refractivity (Wildman–Crippen MR) is 148 cm³/mol. The molecule has 0 unspecified atom stereocenters. The highest BCUT2D eigenvalue weighted by Crippen LogP contribution is 2.70. The molecule has 0 aromatic carbocycles. The minimum absolute atomic E-state index is 0.0119. The Balaban J connectivity index is 1.27. The summed E-state index contributed by atoms with van der Waals surface area (Å²) in [5.41, 5.74) is 0.0350. The molecule has 4 saturated carbocycles. The summed E-state index contributed by atoms with van der Waals surface area (Å²) in [6.07, 6.45) is 13.8. The van der Waals surface area contributed by atoms with Crippen molar-refractivity contribution in [2.24, 2.45) is 28.6 Å². The Morgan fingerprint density at radius 2 is 1.87 bits per heavy atom. The van der Waals surface area contributed by atoms with E-state index in [0.717, 1.165) is 89.2 Å². The average Bonchev–Trinajstić information content (AvgIpc) is 3.18. The standard InChI is InChI=1S/C32H49NO5/c1-5-7-8-19-33(6-2)29(35)38-24-13-16-30(3)23(20-24)10-11-27-26(30)14-17-31(4)25(15-18-32(27,31)36)22-9-12-28(34)37-21-22/h9,12,21,23-27,36H,5-8,10-11,13-20H2,1-4H3/t23-,24+,25-,26+,27-,30+,31-,32+/m1/s1. The van der Waals surface area contributed by atoms with Crippen LogP contribution in [0, 0.1) is 28.6 Å². The number of hydrogen-bond acceptors (Lipinski definition) is 5. The molecule has 0 radical (unpaired) electrons. The van der Waals surface area contributed by atoms with Gasteiger partial charge in [0.05, 0.1) is 11.9 Å². The van der Waals surface area contributed by atoms with E-state index in [1.807, 2.05) is 17.9 Å². The van der Waals surface area contributed by atoms with E-state index in [-0.39, 0.29) is 34.6 Å². The maximum atomic E-state index is 12.9. The second kappa shape index (κ2) is 10.6. The van der Waals surface area contributed by atoms with Crippen molar-refractivity contribution in [1.82, 2.24) is 4.90 Å². The molecule has 1 aromatic heterocycles. The van der Waals surface area contributed by atoms with Crippen LogP contribution in [-0.2, 0) is 4.74 Å². The molecule has 8 atom stereocenters. The molecule has 6 heteroatoms. The Bertz CT molecular complexity index is 1030. The van der Waals surface area contributed by atoms with Crippen molar-refractivity contribution < 1.29 is 19.1 Å². The third-order valence-electron chi connectivity index (χ3n) is 11.9. The van der Waals surface area contributed by atoms with Gasteiger partial charge in [0.2, 0.25) is 0 Å². The van der Waals surface area contributed by atoms with Crippen molar-refractivity contribution in [2.45, 2.75) is 122 Å². The second-order valence-electron chi connectivity index (χ2n) is 13.4. The first-order valence-electron chi connectivity index (χ1n) is 15.4. The molecule has 1 N–H and O–H groups in total. The maximum Gasteiger partial charge on any atom is 0.410 e. The van der Waals surface area contributed by atoms with Crippen LogP contribution in [0.1, 0.15) is 116 Å². The van der Waals surface area contributed by atoms with Gasteiger partial charge in [0, 0.05) is 24.6 Å². The van der Waals surface area contributed by atoms with E-state index in [1.54, 1.807) is 6.26 Å². The molecular weight excluding hydrogens is 478 g/mol. The summed E-state index contributed by atoms with van der Waals surface area (Å²) in [6.45, 7) is 10.5. The summed E-state index contributed by atoms with van der Waals surface area (Å²) in [7, 11) is 0. The van der Waals surface area contributed by atoms with Gasteiger partial charge in [0.25, 0.3) is 0 Å². The molecule has 0 aliphatic heterocycles. The van der Waals surface area contributed by atoms with E-state index in [0.29, 0.717) is 24.3 Å². The van der Waals surface area contributed by atoms with Crippen LogP contribution in [0.15, 0.2) is 27.6 Å². The van der Waals surface area contributed by atoms with E-state index >= 15 is 0 Å². The van der Waals surface area contributed by atoms with Crippen molar-refractivity contribution in [1.29, 1.82) is 0 Å². The molecule has 5 rings (SSSR count). The second-order valence-corrected chi connectivity index (χ2v) is 13.4. The van der Waals surface area contributed by atoms with Crippen molar-refractivity contribution in [3.8, 4) is 0 Å². The smallest absolute Gasteiger partial charge is 0.410 e. The number of unbranched alkanes of at least 4 members (excludes halogenated alkanes) is 2. The molecular formula is C32H49NO5. The lowest BCUT2D eigenvalue weighted by molar-refractivity contribution is -0.205. The van der Waals surface area contributed by atoms with E-state index in [4.69, 9.17) is 9.15 Å². The fourth-order valence-corrected chi connectivity index (χ4v) is 9.54. The van der Waals surface area contributed by atoms with E-state index in [9.17, 15) is 14.7 Å². The maximum absolute atomic E-state index is 12.9. The SMILES string of the molecule is CCCCCN(CC)C(=O)O[C@H]1CC[C@@]2(C)[C@H](CC[C@@H]3[C@@H]2CC[C@]2(C)[C@@H](c4ccc(=O)oc4)CC[C@]32O)C1. The summed E-state index contributed by atoms with van der Waals surface area (Å²) in [6, 6.07) is 3.42. The molecule has 1 amide bonds. The van der Waals surface area contributed by atoms with Crippen LogP contribution in [0.25, 0.3) is 0 Å². The topological polar surface area (TPSA) is 80.0 Å². The highest BCUT2D eigenvalue weighted by atomic mass is 16.6. The Labute approximate surface area is 228 Å². The molecule has 4 aliphatic rings. The Morgan fingerprint density at radius 3 is 2.58 bits per heavy atom. The summed E-state index contributed by atoms with van der Waals surface area (Å²) in [5, 5.41) is 12.4. The van der Waals surface area contributed by atoms with Crippen molar-refractivity contribution in [3.63, 3.8) is 0 Å². The van der Waals surface area contributed by atoms with Gasteiger partial charge in [-0.2, -0.15) is 0 Å². The third kappa shape index (κ3) is 4.53. The average molecular weight is 528 g/mol. The minimum Gasteiger partial charge on any atom is -0.446 e. The van der Waals surface area contributed by atoms with Gasteiger partial charge in [-0.05, 0) is 112 Å². The number of carbonyl (C=O) groups excluding carboxylic acids is 1. The summed E-state index contributed by atoms with van der Waals surface area (Å²) >= 11 is 0. The van der Waals surface area contributed by atoms with Gasteiger partial charge in [0.15, 0.2) is 0 Å². The van der Waals surface area contributed by atoms with Gasteiger partial charge >= 0.3 is 11.7 Å². The fourth-order valence-electron chi connectivity index (χ4n) is 9.54. The Kier molecular flexibility index (Phi) is 7.76. The van der Waals surface area contributed by atoms with Gasteiger partial charge in [-0.1, -0.05) is 33.6 Å². The number of rotatable bonds is 7. The van der Waals surface area contributed by atoms with Gasteiger partial charge in [-0.25, -0.2) is 9.59 Å². The van der Waals surface area contributed by atoms with Crippen LogP contribution in [-0.4, -0.2) is 40.9 Å². The van der Waals surface area contributed by atoms with Crippen molar-refractivity contribution in [2.75, 3.05) is 13.1 Å². The molecule has 4 fully saturated rings. The first kappa shape index (κ1) is 27.7. The molecule has 1 aromatic rings. The zero-order chi connectivity index (χ0) is 27.1. The molecule has 212 valence electrons. The lowest BCUT2D eigenvalue weighted by atomic mass is 9.43. The molecule has 0 bridgehead atoms. The highest BCUT2D eigenvalue weighted by molar-refractivity contribution is 5.67. The molecule has 38 heavy (non-hydrogen) atoms. The summed E-state index contributed by atoms with van der Waals surface area (Å²) in [4.78, 5) is 26.3. The van der Waals surface area contributed by atoms with Crippen LogP contribution in [0.4, 0.5) is 4.79 Å². The van der Waals surface area contributed by atoms with E-state index < -0.39 is 5.60 Å². The molecule has 1 heterocycles. The Morgan fingerprint density at radius 1 is 1.05 bits per heavy atom. The molecule has 0 spiro atoms. The number of carbonyl (C=O) groups is 1. The number of nitrogens with zero attached hydrogens (tertiary/aromatic N) is 1. The Hall–Kier alpha value is -1.82. The zero-order valence-electron chi connectivity index (χ0n) is 24.0. The van der Waals surface area contributed by atoms with Crippen molar-refractivity contribution >= 4 is 6.09 Å². The quantitative estimate of drug-likeness (QED) is 0.390. The summed E-state index contributed by atoms with van der Waals surface area (Å²) < 4.78 is 11.3. The van der Waals surface area contributed by atoms with E-state index in [1.165, 1.54) is 6.07 Å². The minimum atomic E-state index is -0.686. The normalized spacial score (nSPS) is 40.1. The monoisotopic (exact) mass is 527 g/mol. The lowest BCUT2D eigenvalue weighted by Crippen LogP contribution is -2.62. The van der Waals surface area contributed by atoms with Crippen LogP contribution < -0.4 is 5.63 Å². The van der Waals surface area contributed by atoms with Crippen LogP contribution in [0.2, 0.25) is 0 Å². The van der Waals surface area contributed by atoms with Gasteiger partial charge in [-0.3, -0.25) is 0 Å². The molecule has 4 aliphatic carbocycles. The molecule has 6 nitrogen and oxygen atoms in total. The fraction of sp³-hybridized carbons (Fsp3) is 0.812. The van der Waals surface area contributed by atoms with Crippen LogP contribution in [0.5, 0.6) is 0 Å². The number of amides is 1. The van der Waals surface area contributed by atoms with Gasteiger partial charge < -0.3 is 19.2 Å². The number of hydrogen-bond donors (Lipinski definition) is 1. The number of fused-ring (bicyclic) bond motifs is 5. The highest BCUT2D eigenvalue weighted by Gasteiger charge is 2.67. The van der Waals surface area contributed by atoms with Crippen LogP contribution in [0.3, 0.4) is 0 Å². The predicted octanol–water partition coefficient (Wildman–Crippen LogP) is 6.90. The first-order valence-corrected chi connectivity index (χ1v) is 15.4. The number of aliphatic hydroxyl groups is 1. The third-order valence-corrected chi connectivity index (χ3v) is 11.9.